The van der Waals surface area contributed by atoms with Crippen LogP contribution in [0.25, 0.3) is 17.1 Å². The van der Waals surface area contributed by atoms with Crippen LogP contribution in [-0.4, -0.2) is 31.4 Å². The highest BCUT2D eigenvalue weighted by Gasteiger charge is 2.18. The molecule has 2 aromatic carbocycles. The Morgan fingerprint density at radius 1 is 1.06 bits per heavy atom. The Morgan fingerprint density at radius 3 is 2.56 bits per heavy atom. The van der Waals surface area contributed by atoms with Crippen LogP contribution in [-0.2, 0) is 4.79 Å². The van der Waals surface area contributed by atoms with Crippen molar-refractivity contribution in [1.29, 1.82) is 0 Å². The van der Waals surface area contributed by atoms with Crippen LogP contribution in [0.15, 0.2) is 66.1 Å². The Bertz CT molecular complexity index is 1280. The fourth-order valence-corrected chi connectivity index (χ4v) is 4.02. The van der Waals surface area contributed by atoms with Crippen molar-refractivity contribution in [3.63, 3.8) is 0 Å². The number of benzene rings is 2. The highest BCUT2D eigenvalue weighted by Crippen LogP contribution is 2.29. The number of rotatable bonds is 6. The van der Waals surface area contributed by atoms with E-state index in [0.717, 1.165) is 22.9 Å². The number of hydrogen-bond donors (Lipinski definition) is 1. The average molecular weight is 468 g/mol. The summed E-state index contributed by atoms with van der Waals surface area (Å²) in [6.45, 7) is 4.09. The van der Waals surface area contributed by atoms with Gasteiger partial charge in [-0.25, -0.2) is 4.39 Å². The van der Waals surface area contributed by atoms with E-state index in [0.29, 0.717) is 16.7 Å². The first-order chi connectivity index (χ1) is 15.4. The third-order valence-electron chi connectivity index (χ3n) is 4.86. The van der Waals surface area contributed by atoms with E-state index in [2.05, 4.69) is 33.5 Å². The monoisotopic (exact) mass is 467 g/mol. The van der Waals surface area contributed by atoms with Crippen LogP contribution in [0.2, 0.25) is 5.02 Å². The number of hydrogen-bond acceptors (Lipinski definition) is 5. The lowest BCUT2D eigenvalue weighted by molar-refractivity contribution is -0.113. The first-order valence-electron chi connectivity index (χ1n) is 9.73. The summed E-state index contributed by atoms with van der Waals surface area (Å²) in [6, 6.07) is 13.6. The van der Waals surface area contributed by atoms with Crippen LogP contribution < -0.4 is 5.32 Å². The number of aromatic nitrogens is 4. The molecular weight excluding hydrogens is 449 g/mol. The lowest BCUT2D eigenvalue weighted by atomic mass is 10.1. The number of pyridine rings is 1. The van der Waals surface area contributed by atoms with E-state index in [-0.39, 0.29) is 16.7 Å². The van der Waals surface area contributed by atoms with E-state index < -0.39 is 5.82 Å². The van der Waals surface area contributed by atoms with E-state index in [1.54, 1.807) is 12.4 Å². The Labute approximate surface area is 193 Å². The van der Waals surface area contributed by atoms with Gasteiger partial charge in [0.05, 0.1) is 22.2 Å². The number of amides is 1. The first kappa shape index (κ1) is 22.0. The normalized spacial score (nSPS) is 10.9. The van der Waals surface area contributed by atoms with Gasteiger partial charge in [-0.05, 0) is 67.4 Å². The SMILES string of the molecule is Cc1ccc(-n2c(SCC(=O)Nc3ccc(F)cc3Cl)nnc2-c2ccncc2)cc1C. The summed E-state index contributed by atoms with van der Waals surface area (Å²) in [5.74, 6) is -0.0243. The third kappa shape index (κ3) is 4.81. The van der Waals surface area contributed by atoms with Gasteiger partial charge in [0, 0.05) is 18.0 Å². The number of thioether (sulfide) groups is 1. The second-order valence-electron chi connectivity index (χ2n) is 7.11. The third-order valence-corrected chi connectivity index (χ3v) is 6.10. The molecule has 32 heavy (non-hydrogen) atoms. The molecular formula is C23H19ClFN5OS. The van der Waals surface area contributed by atoms with Gasteiger partial charge in [0.1, 0.15) is 5.82 Å². The molecule has 0 bridgehead atoms. The number of nitrogens with one attached hydrogen (secondary N) is 1. The molecule has 2 heterocycles. The predicted octanol–water partition coefficient (Wildman–Crippen LogP) is 5.47. The molecule has 1 amide bonds. The van der Waals surface area contributed by atoms with Gasteiger partial charge in [-0.15, -0.1) is 10.2 Å². The summed E-state index contributed by atoms with van der Waals surface area (Å²) >= 11 is 7.25. The number of carbonyl (C=O) groups is 1. The van der Waals surface area contributed by atoms with E-state index in [1.165, 1.54) is 29.5 Å². The molecule has 0 unspecified atom stereocenters. The van der Waals surface area contributed by atoms with Crippen molar-refractivity contribution in [3.8, 4) is 17.1 Å². The van der Waals surface area contributed by atoms with Crippen LogP contribution in [0.5, 0.6) is 0 Å². The standard InChI is InChI=1S/C23H19ClFN5OS/c1-14-3-5-18(11-15(14)2)30-22(16-7-9-26-10-8-16)28-29-23(30)32-13-21(31)27-20-6-4-17(25)12-19(20)24/h3-12H,13H2,1-2H3,(H,27,31). The quantitative estimate of drug-likeness (QED) is 0.381. The Kier molecular flexibility index (Phi) is 6.53. The summed E-state index contributed by atoms with van der Waals surface area (Å²) in [5, 5.41) is 12.1. The summed E-state index contributed by atoms with van der Waals surface area (Å²) < 4.78 is 15.2. The van der Waals surface area contributed by atoms with Crippen molar-refractivity contribution >= 4 is 35.0 Å². The maximum atomic E-state index is 13.2. The molecule has 0 spiro atoms. The van der Waals surface area contributed by atoms with Crippen molar-refractivity contribution < 1.29 is 9.18 Å². The molecule has 6 nitrogen and oxygen atoms in total. The van der Waals surface area contributed by atoms with E-state index in [4.69, 9.17) is 11.6 Å². The zero-order valence-electron chi connectivity index (χ0n) is 17.3. The van der Waals surface area contributed by atoms with E-state index >= 15 is 0 Å². The Hall–Kier alpha value is -3.23. The van der Waals surface area contributed by atoms with Gasteiger partial charge in [0.25, 0.3) is 0 Å². The summed E-state index contributed by atoms with van der Waals surface area (Å²) in [7, 11) is 0. The second kappa shape index (κ2) is 9.50. The number of halogens is 2. The number of anilines is 1. The van der Waals surface area contributed by atoms with Crippen LogP contribution in [0.4, 0.5) is 10.1 Å². The topological polar surface area (TPSA) is 72.7 Å². The van der Waals surface area contributed by atoms with Gasteiger partial charge in [0.15, 0.2) is 11.0 Å². The van der Waals surface area contributed by atoms with Crippen LogP contribution in [0, 0.1) is 19.7 Å². The molecule has 0 fully saturated rings. The highest BCUT2D eigenvalue weighted by molar-refractivity contribution is 7.99. The Balaban J connectivity index is 1.61. The molecule has 4 rings (SSSR count). The molecule has 0 saturated carbocycles. The molecule has 0 saturated heterocycles. The van der Waals surface area contributed by atoms with E-state index in [1.807, 2.05) is 35.8 Å². The molecule has 0 aliphatic heterocycles. The molecule has 0 radical (unpaired) electrons. The van der Waals surface area contributed by atoms with Gasteiger partial charge in [-0.1, -0.05) is 29.4 Å². The van der Waals surface area contributed by atoms with Crippen molar-refractivity contribution in [2.45, 2.75) is 19.0 Å². The molecule has 1 N–H and O–H groups in total. The van der Waals surface area contributed by atoms with Crippen LogP contribution >= 0.6 is 23.4 Å². The molecule has 9 heteroatoms. The number of aryl methyl sites for hydroxylation is 2. The maximum absolute atomic E-state index is 13.2. The molecule has 2 aromatic heterocycles. The van der Waals surface area contributed by atoms with Crippen molar-refractivity contribution in [2.75, 3.05) is 11.1 Å². The lowest BCUT2D eigenvalue weighted by Crippen LogP contribution is -2.15. The fourth-order valence-electron chi connectivity index (χ4n) is 3.06. The van der Waals surface area contributed by atoms with Gasteiger partial charge in [-0.3, -0.25) is 14.3 Å². The summed E-state index contributed by atoms with van der Waals surface area (Å²) in [4.78, 5) is 16.6. The van der Waals surface area contributed by atoms with Gasteiger partial charge >= 0.3 is 0 Å². The fraction of sp³-hybridized carbons (Fsp3) is 0.130. The van der Waals surface area contributed by atoms with Crippen LogP contribution in [0.1, 0.15) is 11.1 Å². The minimum atomic E-state index is -0.465. The first-order valence-corrected chi connectivity index (χ1v) is 11.1. The second-order valence-corrected chi connectivity index (χ2v) is 8.46. The molecule has 0 aliphatic carbocycles. The van der Waals surface area contributed by atoms with Crippen molar-refractivity contribution in [2.24, 2.45) is 0 Å². The number of nitrogens with zero attached hydrogens (tertiary/aromatic N) is 4. The zero-order chi connectivity index (χ0) is 22.7. The summed E-state index contributed by atoms with van der Waals surface area (Å²) in [5.41, 5.74) is 4.43. The maximum Gasteiger partial charge on any atom is 0.234 e. The van der Waals surface area contributed by atoms with Gasteiger partial charge in [-0.2, -0.15) is 0 Å². The minimum Gasteiger partial charge on any atom is -0.324 e. The van der Waals surface area contributed by atoms with Crippen molar-refractivity contribution in [3.05, 3.63) is 82.9 Å². The average Bonchev–Trinajstić information content (AvgIpc) is 3.21. The zero-order valence-corrected chi connectivity index (χ0v) is 18.9. The van der Waals surface area contributed by atoms with Crippen molar-refractivity contribution in [1.82, 2.24) is 19.7 Å². The lowest BCUT2D eigenvalue weighted by Gasteiger charge is -2.12. The predicted molar refractivity (Wildman–Crippen MR) is 125 cm³/mol. The van der Waals surface area contributed by atoms with Gasteiger partial charge in [0.2, 0.25) is 5.91 Å². The molecule has 4 aromatic rings. The largest absolute Gasteiger partial charge is 0.324 e. The Morgan fingerprint density at radius 2 is 1.84 bits per heavy atom. The van der Waals surface area contributed by atoms with Gasteiger partial charge < -0.3 is 5.32 Å². The molecule has 162 valence electrons. The number of carbonyl (C=O) groups excluding carboxylic acids is 1. The van der Waals surface area contributed by atoms with E-state index in [9.17, 15) is 9.18 Å². The molecule has 0 atom stereocenters. The molecule has 0 aliphatic rings. The highest BCUT2D eigenvalue weighted by atomic mass is 35.5. The minimum absolute atomic E-state index is 0.0764. The summed E-state index contributed by atoms with van der Waals surface area (Å²) in [6.07, 6.45) is 3.39. The van der Waals surface area contributed by atoms with Crippen LogP contribution in [0.3, 0.4) is 0 Å². The smallest absolute Gasteiger partial charge is 0.234 e.